The number of hydrogen-bond donors (Lipinski definition) is 1. The molecular formula is C11H14N2O. The maximum atomic E-state index is 11.5. The van der Waals surface area contributed by atoms with Gasteiger partial charge in [-0.05, 0) is 24.1 Å². The number of carbonyl (C=O) groups is 1. The standard InChI is InChI=1S/C11H14N2O/c1-12-9-5-3-8-4-6-11(14)13(2)10(8)7-9/h3,5,7,12H,4,6H2,1-2H3. The number of hydrogen-bond acceptors (Lipinski definition) is 2. The van der Waals surface area contributed by atoms with Gasteiger partial charge in [0.15, 0.2) is 0 Å². The summed E-state index contributed by atoms with van der Waals surface area (Å²) in [5.74, 6) is 0.200. The van der Waals surface area contributed by atoms with Gasteiger partial charge >= 0.3 is 0 Å². The van der Waals surface area contributed by atoms with Crippen molar-refractivity contribution in [2.45, 2.75) is 12.8 Å². The molecule has 0 atom stereocenters. The third-order valence-electron chi connectivity index (χ3n) is 2.72. The van der Waals surface area contributed by atoms with Gasteiger partial charge in [-0.2, -0.15) is 0 Å². The zero-order valence-electron chi connectivity index (χ0n) is 8.50. The Bertz CT molecular complexity index is 374. The van der Waals surface area contributed by atoms with Crippen molar-refractivity contribution in [3.05, 3.63) is 23.8 Å². The number of benzene rings is 1. The summed E-state index contributed by atoms with van der Waals surface area (Å²) in [7, 11) is 3.71. The molecule has 0 spiro atoms. The van der Waals surface area contributed by atoms with Gasteiger partial charge in [0.05, 0.1) is 0 Å². The summed E-state index contributed by atoms with van der Waals surface area (Å²) >= 11 is 0. The molecule has 3 nitrogen and oxygen atoms in total. The van der Waals surface area contributed by atoms with E-state index >= 15 is 0 Å². The van der Waals surface area contributed by atoms with E-state index in [2.05, 4.69) is 11.4 Å². The van der Waals surface area contributed by atoms with Crippen molar-refractivity contribution in [1.82, 2.24) is 0 Å². The van der Waals surface area contributed by atoms with Crippen LogP contribution in [0.1, 0.15) is 12.0 Å². The molecule has 0 saturated carbocycles. The molecule has 1 aliphatic heterocycles. The summed E-state index contributed by atoms with van der Waals surface area (Å²) < 4.78 is 0. The summed E-state index contributed by atoms with van der Waals surface area (Å²) in [6.45, 7) is 0. The fraction of sp³-hybridized carbons (Fsp3) is 0.364. The molecule has 2 rings (SSSR count). The van der Waals surface area contributed by atoms with Crippen LogP contribution in [0.25, 0.3) is 0 Å². The second-order valence-corrected chi connectivity index (χ2v) is 3.55. The van der Waals surface area contributed by atoms with Gasteiger partial charge in [-0.25, -0.2) is 0 Å². The maximum Gasteiger partial charge on any atom is 0.227 e. The van der Waals surface area contributed by atoms with Crippen LogP contribution in [0, 0.1) is 0 Å². The molecule has 1 N–H and O–H groups in total. The Balaban J connectivity index is 2.46. The van der Waals surface area contributed by atoms with Crippen LogP contribution in [0.2, 0.25) is 0 Å². The smallest absolute Gasteiger partial charge is 0.227 e. The van der Waals surface area contributed by atoms with E-state index in [0.717, 1.165) is 17.8 Å². The number of anilines is 2. The molecule has 74 valence electrons. The first-order valence-electron chi connectivity index (χ1n) is 4.79. The van der Waals surface area contributed by atoms with Gasteiger partial charge in [0, 0.05) is 31.9 Å². The van der Waals surface area contributed by atoms with Gasteiger partial charge < -0.3 is 10.2 Å². The summed E-state index contributed by atoms with van der Waals surface area (Å²) in [5, 5.41) is 3.07. The fourth-order valence-corrected chi connectivity index (χ4v) is 1.79. The molecule has 1 aliphatic rings. The van der Waals surface area contributed by atoms with E-state index in [9.17, 15) is 4.79 Å². The fourth-order valence-electron chi connectivity index (χ4n) is 1.79. The first-order valence-corrected chi connectivity index (χ1v) is 4.79. The Kier molecular flexibility index (Phi) is 2.15. The van der Waals surface area contributed by atoms with Crippen molar-refractivity contribution in [3.8, 4) is 0 Å². The van der Waals surface area contributed by atoms with Gasteiger partial charge in [-0.3, -0.25) is 4.79 Å². The third kappa shape index (κ3) is 1.35. The Morgan fingerprint density at radius 2 is 2.14 bits per heavy atom. The lowest BCUT2D eigenvalue weighted by Gasteiger charge is -2.26. The van der Waals surface area contributed by atoms with E-state index in [1.54, 1.807) is 4.90 Å². The van der Waals surface area contributed by atoms with Crippen molar-refractivity contribution in [2.75, 3.05) is 24.3 Å². The molecule has 0 saturated heterocycles. The summed E-state index contributed by atoms with van der Waals surface area (Å²) in [4.78, 5) is 13.2. The molecule has 3 heteroatoms. The lowest BCUT2D eigenvalue weighted by molar-refractivity contribution is -0.118. The third-order valence-corrected chi connectivity index (χ3v) is 2.72. The van der Waals surface area contributed by atoms with Gasteiger partial charge in [-0.15, -0.1) is 0 Å². The van der Waals surface area contributed by atoms with Crippen molar-refractivity contribution >= 4 is 17.3 Å². The quantitative estimate of drug-likeness (QED) is 0.730. The molecule has 1 aromatic rings. The lowest BCUT2D eigenvalue weighted by Crippen LogP contribution is -2.31. The molecule has 0 aromatic heterocycles. The zero-order chi connectivity index (χ0) is 10.1. The average molecular weight is 190 g/mol. The van der Waals surface area contributed by atoms with Gasteiger partial charge in [0.2, 0.25) is 5.91 Å². The minimum atomic E-state index is 0.200. The van der Waals surface area contributed by atoms with Crippen molar-refractivity contribution in [2.24, 2.45) is 0 Å². The SMILES string of the molecule is CNc1ccc2c(c1)N(C)C(=O)CC2. The Labute approximate surface area is 83.7 Å². The summed E-state index contributed by atoms with van der Waals surface area (Å²) in [6.07, 6.45) is 1.49. The number of rotatable bonds is 1. The summed E-state index contributed by atoms with van der Waals surface area (Å²) in [5.41, 5.74) is 3.34. The summed E-state index contributed by atoms with van der Waals surface area (Å²) in [6, 6.07) is 6.15. The van der Waals surface area contributed by atoms with Gasteiger partial charge in [0.25, 0.3) is 0 Å². The molecule has 0 fully saturated rings. The van der Waals surface area contributed by atoms with Crippen LogP contribution in [-0.4, -0.2) is 20.0 Å². The van der Waals surface area contributed by atoms with E-state index in [4.69, 9.17) is 0 Å². The van der Waals surface area contributed by atoms with Crippen molar-refractivity contribution in [1.29, 1.82) is 0 Å². The highest BCUT2D eigenvalue weighted by Crippen LogP contribution is 2.29. The minimum absolute atomic E-state index is 0.200. The number of aryl methyl sites for hydroxylation is 1. The van der Waals surface area contributed by atoms with Crippen LogP contribution in [-0.2, 0) is 11.2 Å². The number of nitrogens with zero attached hydrogens (tertiary/aromatic N) is 1. The number of amides is 1. The molecule has 14 heavy (non-hydrogen) atoms. The van der Waals surface area contributed by atoms with Crippen molar-refractivity contribution < 1.29 is 4.79 Å². The molecule has 0 unspecified atom stereocenters. The topological polar surface area (TPSA) is 32.3 Å². The van der Waals surface area contributed by atoms with Gasteiger partial charge in [-0.1, -0.05) is 6.07 Å². The zero-order valence-corrected chi connectivity index (χ0v) is 8.50. The molecular weight excluding hydrogens is 176 g/mol. The second-order valence-electron chi connectivity index (χ2n) is 3.55. The maximum absolute atomic E-state index is 11.5. The van der Waals surface area contributed by atoms with Crippen LogP contribution < -0.4 is 10.2 Å². The Morgan fingerprint density at radius 3 is 2.86 bits per heavy atom. The predicted octanol–water partition coefficient (Wildman–Crippen LogP) is 1.64. The monoisotopic (exact) mass is 190 g/mol. The minimum Gasteiger partial charge on any atom is -0.388 e. The molecule has 0 aliphatic carbocycles. The van der Waals surface area contributed by atoms with Crippen LogP contribution >= 0.6 is 0 Å². The number of nitrogens with one attached hydrogen (secondary N) is 1. The highest BCUT2D eigenvalue weighted by Gasteiger charge is 2.20. The average Bonchev–Trinajstić information content (AvgIpc) is 2.23. The van der Waals surface area contributed by atoms with Crippen LogP contribution in [0.4, 0.5) is 11.4 Å². The first kappa shape index (κ1) is 9.06. The molecule has 1 aromatic carbocycles. The molecule has 1 heterocycles. The van der Waals surface area contributed by atoms with Crippen LogP contribution in [0.15, 0.2) is 18.2 Å². The van der Waals surface area contributed by atoms with Crippen LogP contribution in [0.3, 0.4) is 0 Å². The Hall–Kier alpha value is -1.51. The number of fused-ring (bicyclic) bond motifs is 1. The van der Waals surface area contributed by atoms with E-state index in [1.807, 2.05) is 26.2 Å². The Morgan fingerprint density at radius 1 is 1.36 bits per heavy atom. The highest BCUT2D eigenvalue weighted by molar-refractivity contribution is 5.96. The predicted molar refractivity (Wildman–Crippen MR) is 57.7 cm³/mol. The molecule has 0 radical (unpaired) electrons. The largest absolute Gasteiger partial charge is 0.388 e. The molecule has 1 amide bonds. The van der Waals surface area contributed by atoms with Crippen molar-refractivity contribution in [3.63, 3.8) is 0 Å². The second kappa shape index (κ2) is 3.33. The van der Waals surface area contributed by atoms with Crippen LogP contribution in [0.5, 0.6) is 0 Å². The highest BCUT2D eigenvalue weighted by atomic mass is 16.2. The van der Waals surface area contributed by atoms with E-state index in [0.29, 0.717) is 6.42 Å². The molecule has 0 bridgehead atoms. The normalized spacial score (nSPS) is 15.3. The lowest BCUT2D eigenvalue weighted by atomic mass is 10.0. The number of carbonyl (C=O) groups excluding carboxylic acids is 1. The van der Waals surface area contributed by atoms with Gasteiger partial charge in [0.1, 0.15) is 0 Å². The van der Waals surface area contributed by atoms with E-state index < -0.39 is 0 Å². The first-order chi connectivity index (χ1) is 6.72. The van der Waals surface area contributed by atoms with E-state index in [-0.39, 0.29) is 5.91 Å². The van der Waals surface area contributed by atoms with E-state index in [1.165, 1.54) is 5.56 Å².